The van der Waals surface area contributed by atoms with E-state index in [2.05, 4.69) is 32.7 Å². The summed E-state index contributed by atoms with van der Waals surface area (Å²) in [6, 6.07) is 5.31. The minimum atomic E-state index is -0.415. The van der Waals surface area contributed by atoms with Crippen LogP contribution in [-0.2, 0) is 0 Å². The Hall–Kier alpha value is -1.77. The van der Waals surface area contributed by atoms with Gasteiger partial charge in [0.15, 0.2) is 5.65 Å². The van der Waals surface area contributed by atoms with Gasteiger partial charge >= 0.3 is 0 Å². The number of halogens is 3. The first-order valence-electron chi connectivity index (χ1n) is 7.35. The van der Waals surface area contributed by atoms with Gasteiger partial charge in [0.05, 0.1) is 15.8 Å². The Morgan fingerprint density at radius 2 is 2.09 bits per heavy atom. The highest BCUT2D eigenvalue weighted by molar-refractivity contribution is 14.1. The van der Waals surface area contributed by atoms with Crippen molar-refractivity contribution >= 4 is 34.1 Å². The molecule has 4 nitrogen and oxygen atoms in total. The number of hydrogen-bond donors (Lipinski definition) is 0. The summed E-state index contributed by atoms with van der Waals surface area (Å²) in [5.41, 5.74) is 1.17. The van der Waals surface area contributed by atoms with E-state index in [9.17, 15) is 8.78 Å². The van der Waals surface area contributed by atoms with Crippen molar-refractivity contribution in [2.45, 2.75) is 18.9 Å². The average Bonchev–Trinajstić information content (AvgIpc) is 3.17. The molecule has 1 aliphatic heterocycles. The number of hydrogen-bond acceptors (Lipinski definition) is 3. The summed E-state index contributed by atoms with van der Waals surface area (Å²) < 4.78 is 30.3. The van der Waals surface area contributed by atoms with Crippen LogP contribution in [-0.4, -0.2) is 21.1 Å². The fraction of sp³-hybridized carbons (Fsp3) is 0.250. The van der Waals surface area contributed by atoms with Crippen molar-refractivity contribution in [3.8, 4) is 0 Å². The summed E-state index contributed by atoms with van der Waals surface area (Å²) >= 11 is 2.19. The molecule has 3 heterocycles. The van der Waals surface area contributed by atoms with Gasteiger partial charge in [-0.05, 0) is 59.7 Å². The second-order valence-corrected chi connectivity index (χ2v) is 6.73. The van der Waals surface area contributed by atoms with E-state index in [-0.39, 0.29) is 11.9 Å². The van der Waals surface area contributed by atoms with E-state index < -0.39 is 5.82 Å². The Bertz CT molecular complexity index is 880. The summed E-state index contributed by atoms with van der Waals surface area (Å²) in [7, 11) is 0. The molecule has 0 saturated carbocycles. The standard InChI is InChI=1S/C16H13F2IN4/c17-10-3-4-12(18)11(8-10)14-2-1-6-22(14)15-5-7-23-16(21-15)13(19)9-20-23/h3-5,7-9,14H,1-2,6H2/t14-/m1/s1. The molecule has 1 aliphatic rings. The van der Waals surface area contributed by atoms with E-state index in [0.29, 0.717) is 5.56 Å². The quantitative estimate of drug-likeness (QED) is 0.582. The lowest BCUT2D eigenvalue weighted by atomic mass is 10.0. The van der Waals surface area contributed by atoms with E-state index in [1.165, 1.54) is 12.1 Å². The maximum Gasteiger partial charge on any atom is 0.170 e. The number of rotatable bonds is 2. The molecule has 0 spiro atoms. The highest BCUT2D eigenvalue weighted by Crippen LogP contribution is 2.36. The lowest BCUT2D eigenvalue weighted by Crippen LogP contribution is -2.24. The predicted molar refractivity (Wildman–Crippen MR) is 91.4 cm³/mol. The summed E-state index contributed by atoms with van der Waals surface area (Å²) in [6.45, 7) is 0.772. The molecule has 0 aliphatic carbocycles. The third-order valence-corrected chi connectivity index (χ3v) is 4.94. The van der Waals surface area contributed by atoms with E-state index in [1.807, 2.05) is 17.2 Å². The SMILES string of the molecule is Fc1ccc(F)c([C@H]2CCCN2c2ccn3ncc(I)c3n2)c1. The number of anilines is 1. The molecule has 1 saturated heterocycles. The van der Waals surface area contributed by atoms with E-state index in [1.54, 1.807) is 10.7 Å². The van der Waals surface area contributed by atoms with E-state index >= 15 is 0 Å². The monoisotopic (exact) mass is 426 g/mol. The smallest absolute Gasteiger partial charge is 0.170 e. The summed E-state index contributed by atoms with van der Waals surface area (Å²) in [5, 5.41) is 4.21. The maximum atomic E-state index is 14.1. The Balaban J connectivity index is 1.76. The van der Waals surface area contributed by atoms with Crippen molar-refractivity contribution in [2.75, 3.05) is 11.4 Å². The van der Waals surface area contributed by atoms with E-state index in [4.69, 9.17) is 0 Å². The van der Waals surface area contributed by atoms with Crippen LogP contribution in [0.1, 0.15) is 24.4 Å². The van der Waals surface area contributed by atoms with Crippen LogP contribution >= 0.6 is 22.6 Å². The third-order valence-electron chi connectivity index (χ3n) is 4.18. The van der Waals surface area contributed by atoms with Crippen LogP contribution in [0.3, 0.4) is 0 Å². The molecule has 0 amide bonds. The molecule has 0 bridgehead atoms. The molecule has 1 fully saturated rings. The first kappa shape index (κ1) is 14.8. The fourth-order valence-corrected chi connectivity index (χ4v) is 3.62. The van der Waals surface area contributed by atoms with Gasteiger partial charge in [-0.1, -0.05) is 0 Å². The van der Waals surface area contributed by atoms with Crippen molar-refractivity contribution in [1.82, 2.24) is 14.6 Å². The van der Waals surface area contributed by atoms with Crippen LogP contribution in [0.5, 0.6) is 0 Å². The molecule has 7 heteroatoms. The van der Waals surface area contributed by atoms with Crippen LogP contribution in [0, 0.1) is 15.2 Å². The number of aromatic nitrogens is 3. The summed E-state index contributed by atoms with van der Waals surface area (Å²) in [5.74, 6) is -0.0209. The number of benzene rings is 1. The topological polar surface area (TPSA) is 33.4 Å². The molecule has 118 valence electrons. The van der Waals surface area contributed by atoms with Gasteiger partial charge in [-0.25, -0.2) is 18.3 Å². The van der Waals surface area contributed by atoms with Crippen molar-refractivity contribution in [3.63, 3.8) is 0 Å². The van der Waals surface area contributed by atoms with Crippen LogP contribution in [0.15, 0.2) is 36.7 Å². The fourth-order valence-electron chi connectivity index (χ4n) is 3.13. The minimum absolute atomic E-state index is 0.193. The third kappa shape index (κ3) is 2.56. The van der Waals surface area contributed by atoms with Gasteiger partial charge in [-0.2, -0.15) is 5.10 Å². The Labute approximate surface area is 145 Å². The van der Waals surface area contributed by atoms with Gasteiger partial charge in [0.1, 0.15) is 17.5 Å². The second-order valence-electron chi connectivity index (χ2n) is 5.56. The molecule has 23 heavy (non-hydrogen) atoms. The summed E-state index contributed by atoms with van der Waals surface area (Å²) in [4.78, 5) is 6.69. The first-order chi connectivity index (χ1) is 11.1. The average molecular weight is 426 g/mol. The Kier molecular flexibility index (Phi) is 3.67. The molecule has 3 aromatic rings. The Morgan fingerprint density at radius 3 is 2.96 bits per heavy atom. The van der Waals surface area contributed by atoms with Crippen LogP contribution in [0.2, 0.25) is 0 Å². The van der Waals surface area contributed by atoms with Crippen LogP contribution in [0.4, 0.5) is 14.6 Å². The van der Waals surface area contributed by atoms with Crippen LogP contribution < -0.4 is 4.90 Å². The van der Waals surface area contributed by atoms with Gasteiger partial charge in [0.25, 0.3) is 0 Å². The number of fused-ring (bicyclic) bond motifs is 1. The van der Waals surface area contributed by atoms with Gasteiger partial charge in [-0.3, -0.25) is 0 Å². The summed E-state index contributed by atoms with van der Waals surface area (Å²) in [6.07, 6.45) is 5.30. The van der Waals surface area contributed by atoms with Crippen molar-refractivity contribution in [3.05, 3.63) is 57.4 Å². The molecular formula is C16H13F2IN4. The lowest BCUT2D eigenvalue weighted by molar-refractivity contribution is 0.560. The largest absolute Gasteiger partial charge is 0.349 e. The van der Waals surface area contributed by atoms with Crippen molar-refractivity contribution < 1.29 is 8.78 Å². The molecule has 0 unspecified atom stereocenters. The van der Waals surface area contributed by atoms with Gasteiger partial charge in [-0.15, -0.1) is 0 Å². The van der Waals surface area contributed by atoms with Crippen LogP contribution in [0.25, 0.3) is 5.65 Å². The molecule has 0 N–H and O–H groups in total. The Morgan fingerprint density at radius 1 is 1.22 bits per heavy atom. The lowest BCUT2D eigenvalue weighted by Gasteiger charge is -2.26. The van der Waals surface area contributed by atoms with Gasteiger partial charge in [0, 0.05) is 18.3 Å². The zero-order valence-corrected chi connectivity index (χ0v) is 14.2. The molecule has 1 aromatic carbocycles. The minimum Gasteiger partial charge on any atom is -0.349 e. The first-order valence-corrected chi connectivity index (χ1v) is 8.43. The molecule has 4 rings (SSSR count). The molecule has 2 aromatic heterocycles. The molecular weight excluding hydrogens is 413 g/mol. The molecule has 0 radical (unpaired) electrons. The highest BCUT2D eigenvalue weighted by Gasteiger charge is 2.29. The normalized spacial score (nSPS) is 18.0. The van der Waals surface area contributed by atoms with Crippen molar-refractivity contribution in [1.29, 1.82) is 0 Å². The second kappa shape index (κ2) is 5.70. The number of nitrogens with zero attached hydrogens (tertiary/aromatic N) is 4. The predicted octanol–water partition coefficient (Wildman–Crippen LogP) is 3.95. The zero-order chi connectivity index (χ0) is 16.0. The van der Waals surface area contributed by atoms with E-state index in [0.717, 1.165) is 40.5 Å². The van der Waals surface area contributed by atoms with Gasteiger partial charge < -0.3 is 4.90 Å². The van der Waals surface area contributed by atoms with Crippen molar-refractivity contribution in [2.24, 2.45) is 0 Å². The molecule has 1 atom stereocenters. The van der Waals surface area contributed by atoms with Gasteiger partial charge in [0.2, 0.25) is 0 Å². The maximum absolute atomic E-state index is 14.1. The highest BCUT2D eigenvalue weighted by atomic mass is 127. The zero-order valence-electron chi connectivity index (χ0n) is 12.1.